The quantitative estimate of drug-likeness (QED) is 0.412. The summed E-state index contributed by atoms with van der Waals surface area (Å²) in [4.78, 5) is 46.6. The number of aliphatic carboxylic acids is 1. The SMILES string of the molecule is C=CCN(C(=O)C1N([C@@H](CO)C(C)C)C(=O)[C@@H]2[C@H](C(=O)O)[C@@H]3CC(C)C12S3)c1ccc(N(CC)CC)cc1. The van der Waals surface area contributed by atoms with Crippen molar-refractivity contribution in [1.82, 2.24) is 4.90 Å². The Balaban J connectivity index is 1.82. The fourth-order valence-corrected chi connectivity index (χ4v) is 9.43. The highest BCUT2D eigenvalue weighted by atomic mass is 32.2. The van der Waals surface area contributed by atoms with Crippen LogP contribution >= 0.6 is 11.8 Å². The molecule has 3 unspecified atom stereocenters. The third kappa shape index (κ3) is 4.22. The number of thioether (sulfide) groups is 1. The van der Waals surface area contributed by atoms with Crippen LogP contribution in [0.2, 0.25) is 0 Å². The second-order valence-corrected chi connectivity index (χ2v) is 12.6. The van der Waals surface area contributed by atoms with Crippen LogP contribution < -0.4 is 9.80 Å². The molecule has 38 heavy (non-hydrogen) atoms. The molecule has 208 valence electrons. The summed E-state index contributed by atoms with van der Waals surface area (Å²) in [7, 11) is 0. The molecule has 3 aliphatic rings. The number of aliphatic hydroxyl groups is 1. The minimum atomic E-state index is -0.984. The van der Waals surface area contributed by atoms with E-state index in [1.165, 1.54) is 11.8 Å². The molecule has 2 N–H and O–H groups in total. The average molecular weight is 544 g/mol. The number of hydrogen-bond acceptors (Lipinski definition) is 6. The Hall–Kier alpha value is -2.52. The summed E-state index contributed by atoms with van der Waals surface area (Å²) in [6.07, 6.45) is 2.32. The van der Waals surface area contributed by atoms with Crippen molar-refractivity contribution in [3.8, 4) is 0 Å². The Morgan fingerprint density at radius 1 is 1.21 bits per heavy atom. The van der Waals surface area contributed by atoms with Crippen molar-refractivity contribution in [3.05, 3.63) is 36.9 Å². The van der Waals surface area contributed by atoms with E-state index in [0.717, 1.165) is 18.8 Å². The van der Waals surface area contributed by atoms with Crippen LogP contribution in [-0.2, 0) is 14.4 Å². The number of fused-ring (bicyclic) bond motifs is 1. The van der Waals surface area contributed by atoms with Crippen molar-refractivity contribution in [2.45, 2.75) is 63.1 Å². The Bertz CT molecular complexity index is 1070. The normalized spacial score (nSPS) is 30.4. The highest BCUT2D eigenvalue weighted by Gasteiger charge is 2.77. The van der Waals surface area contributed by atoms with Crippen molar-refractivity contribution in [2.75, 3.05) is 36.0 Å². The molecule has 3 fully saturated rings. The summed E-state index contributed by atoms with van der Waals surface area (Å²) in [6, 6.07) is 6.35. The smallest absolute Gasteiger partial charge is 0.308 e. The molecule has 1 aromatic carbocycles. The van der Waals surface area contributed by atoms with Gasteiger partial charge in [0, 0.05) is 36.3 Å². The number of carboxylic acids is 1. The number of benzene rings is 1. The fourth-order valence-electron chi connectivity index (χ4n) is 7.03. The predicted molar refractivity (Wildman–Crippen MR) is 151 cm³/mol. The number of carbonyl (C=O) groups excluding carboxylic acids is 2. The average Bonchev–Trinajstić information content (AvgIpc) is 3.48. The van der Waals surface area contributed by atoms with Gasteiger partial charge in [-0.05, 0) is 56.4 Å². The van der Waals surface area contributed by atoms with Gasteiger partial charge in [-0.1, -0.05) is 26.8 Å². The van der Waals surface area contributed by atoms with Crippen molar-refractivity contribution in [2.24, 2.45) is 23.7 Å². The molecule has 0 saturated carbocycles. The topological polar surface area (TPSA) is 101 Å². The first-order valence-corrected chi connectivity index (χ1v) is 14.6. The zero-order chi connectivity index (χ0) is 27.9. The van der Waals surface area contributed by atoms with Gasteiger partial charge in [-0.3, -0.25) is 14.4 Å². The number of rotatable bonds is 11. The number of carboxylic acid groups (broad SMARTS) is 1. The van der Waals surface area contributed by atoms with Crippen molar-refractivity contribution < 1.29 is 24.6 Å². The molecule has 4 rings (SSSR count). The van der Waals surface area contributed by atoms with E-state index < -0.39 is 34.6 Å². The molecular weight excluding hydrogens is 502 g/mol. The molecule has 0 radical (unpaired) electrons. The van der Waals surface area contributed by atoms with Crippen LogP contribution in [0.4, 0.5) is 11.4 Å². The molecule has 9 heteroatoms. The Labute approximate surface area is 230 Å². The van der Waals surface area contributed by atoms with E-state index >= 15 is 0 Å². The van der Waals surface area contributed by atoms with Gasteiger partial charge in [-0.2, -0.15) is 0 Å². The van der Waals surface area contributed by atoms with Crippen molar-refractivity contribution in [3.63, 3.8) is 0 Å². The summed E-state index contributed by atoms with van der Waals surface area (Å²) in [6.45, 7) is 15.6. The third-order valence-corrected chi connectivity index (χ3v) is 11.0. The van der Waals surface area contributed by atoms with Crippen LogP contribution in [0, 0.1) is 23.7 Å². The summed E-state index contributed by atoms with van der Waals surface area (Å²) in [5.74, 6) is -3.32. The second-order valence-electron chi connectivity index (χ2n) is 11.1. The van der Waals surface area contributed by atoms with Crippen LogP contribution in [0.15, 0.2) is 36.9 Å². The maximum atomic E-state index is 14.6. The first-order valence-electron chi connectivity index (χ1n) is 13.7. The highest BCUT2D eigenvalue weighted by molar-refractivity contribution is 8.02. The van der Waals surface area contributed by atoms with Crippen LogP contribution in [-0.4, -0.2) is 81.2 Å². The van der Waals surface area contributed by atoms with Gasteiger partial charge >= 0.3 is 5.97 Å². The van der Waals surface area contributed by atoms with E-state index in [9.17, 15) is 24.6 Å². The number of aliphatic hydroxyl groups excluding tert-OH is 1. The minimum absolute atomic E-state index is 0.0249. The van der Waals surface area contributed by atoms with Gasteiger partial charge in [0.2, 0.25) is 5.91 Å². The maximum absolute atomic E-state index is 14.6. The van der Waals surface area contributed by atoms with E-state index in [2.05, 4.69) is 25.3 Å². The molecule has 3 heterocycles. The number of anilines is 2. The Morgan fingerprint density at radius 3 is 2.32 bits per heavy atom. The number of carbonyl (C=O) groups is 3. The van der Waals surface area contributed by atoms with E-state index in [-0.39, 0.29) is 42.1 Å². The van der Waals surface area contributed by atoms with E-state index in [0.29, 0.717) is 12.1 Å². The van der Waals surface area contributed by atoms with Gasteiger partial charge < -0.3 is 24.9 Å². The second kappa shape index (κ2) is 10.9. The van der Waals surface area contributed by atoms with Gasteiger partial charge in [-0.15, -0.1) is 18.3 Å². The zero-order valence-corrected chi connectivity index (χ0v) is 23.9. The van der Waals surface area contributed by atoms with Crippen LogP contribution in [0.1, 0.15) is 41.0 Å². The lowest BCUT2D eigenvalue weighted by Crippen LogP contribution is -2.60. The van der Waals surface area contributed by atoms with Gasteiger partial charge in [0.05, 0.1) is 29.2 Å². The lowest BCUT2D eigenvalue weighted by Gasteiger charge is -2.42. The lowest BCUT2D eigenvalue weighted by molar-refractivity contribution is -0.150. The minimum Gasteiger partial charge on any atom is -0.481 e. The van der Waals surface area contributed by atoms with Crippen LogP contribution in [0.3, 0.4) is 0 Å². The number of amides is 2. The Kier molecular flexibility index (Phi) is 8.19. The molecule has 8 nitrogen and oxygen atoms in total. The Morgan fingerprint density at radius 2 is 1.82 bits per heavy atom. The van der Waals surface area contributed by atoms with E-state index in [1.54, 1.807) is 15.9 Å². The van der Waals surface area contributed by atoms with Crippen LogP contribution in [0.25, 0.3) is 0 Å². The van der Waals surface area contributed by atoms with E-state index in [4.69, 9.17) is 0 Å². The standard InChI is InChI=1S/C29H41N3O5S/c1-7-14-31(20-12-10-19(11-13-20)30(8-2)9-3)27(35)25-29-18(6)15-22(38-29)23(28(36)37)24(29)26(34)32(25)21(16-33)17(4)5/h7,10-13,17-18,21-25,33H,1,8-9,14-16H2,2-6H3,(H,36,37)/t18?,21-,22-,23+,24-,25?,29?/m0/s1. The summed E-state index contributed by atoms with van der Waals surface area (Å²) >= 11 is 1.52. The first kappa shape index (κ1) is 28.5. The number of nitrogens with zero attached hydrogens (tertiary/aromatic N) is 3. The predicted octanol–water partition coefficient (Wildman–Crippen LogP) is 3.49. The number of likely N-dealkylation sites (tertiary alicyclic amines) is 1. The molecule has 2 bridgehead atoms. The van der Waals surface area contributed by atoms with Crippen molar-refractivity contribution in [1.29, 1.82) is 0 Å². The molecule has 1 aromatic rings. The van der Waals surface area contributed by atoms with E-state index in [1.807, 2.05) is 45.0 Å². The first-order chi connectivity index (χ1) is 18.1. The van der Waals surface area contributed by atoms with Gasteiger partial charge in [0.25, 0.3) is 5.91 Å². The lowest BCUT2D eigenvalue weighted by atomic mass is 9.66. The zero-order valence-electron chi connectivity index (χ0n) is 23.0. The number of hydrogen-bond donors (Lipinski definition) is 2. The summed E-state index contributed by atoms with van der Waals surface area (Å²) in [5.41, 5.74) is 1.76. The molecule has 7 atom stereocenters. The van der Waals surface area contributed by atoms with Gasteiger partial charge in [-0.25, -0.2) is 0 Å². The molecule has 2 amide bonds. The molecule has 3 aliphatic heterocycles. The molecule has 1 spiro atoms. The molecule has 0 aromatic heterocycles. The fraction of sp³-hybridized carbons (Fsp3) is 0.621. The summed E-state index contributed by atoms with van der Waals surface area (Å²) in [5, 5.41) is 20.3. The van der Waals surface area contributed by atoms with Crippen LogP contribution in [0.5, 0.6) is 0 Å². The molecular formula is C29H41N3O5S. The van der Waals surface area contributed by atoms with Gasteiger partial charge in [0.1, 0.15) is 6.04 Å². The maximum Gasteiger partial charge on any atom is 0.308 e. The summed E-state index contributed by atoms with van der Waals surface area (Å²) < 4.78 is -0.856. The molecule has 3 saturated heterocycles. The van der Waals surface area contributed by atoms with Crippen molar-refractivity contribution >= 4 is 40.9 Å². The monoisotopic (exact) mass is 543 g/mol. The highest BCUT2D eigenvalue weighted by Crippen LogP contribution is 2.69. The largest absolute Gasteiger partial charge is 0.481 e. The van der Waals surface area contributed by atoms with Gasteiger partial charge in [0.15, 0.2) is 0 Å². The molecule has 0 aliphatic carbocycles. The third-order valence-electron chi connectivity index (χ3n) is 8.88.